The Hall–Kier alpha value is -6.73. The Labute approximate surface area is 475 Å². The number of H-pyrrole nitrogens is 1. The summed E-state index contributed by atoms with van der Waals surface area (Å²) in [6.45, 7) is 4.15. The number of carbonyl (C=O) groups is 11. The summed E-state index contributed by atoms with van der Waals surface area (Å²) in [5.41, 5.74) is 6.49. The molecule has 1 fully saturated rings. The molecule has 2 bridgehead atoms. The van der Waals surface area contributed by atoms with E-state index in [-0.39, 0.29) is 41.1 Å². The van der Waals surface area contributed by atoms with Gasteiger partial charge >= 0.3 is 0 Å². The quantitative estimate of drug-likeness (QED) is 0.0465. The first kappa shape index (κ1) is 65.1. The molecule has 30 heteroatoms. The zero-order valence-corrected chi connectivity index (χ0v) is 47.6. The van der Waals surface area contributed by atoms with Gasteiger partial charge in [-0.2, -0.15) is 11.8 Å². The average Bonchev–Trinajstić information content (AvgIpc) is 4.07. The zero-order chi connectivity index (χ0) is 59.7. The molecule has 2 aromatic rings. The third kappa shape index (κ3) is 17.9. The number of hydrogen-bond acceptors (Lipinski definition) is 17. The SMILES string of the molecule is CCC(=O)NCCCCC(=O)NCCSCc1c(OC)ccc2c3c([nH]c12)[S+]([O-])C[C@@H]1NC(=O)CNC(=O)[C@H]([C@@H](C)CC)NC(=O)CNC(=O)[C@H](C3)NC(=O)[C@H]([C@@H](C)[C@@H](O)CO)NC(=O)[C@@H]2C[C@@H](O)CN2C(=O)[C@H](CC(N)=O)NC1=O. The predicted molar refractivity (Wildman–Crippen MR) is 293 cm³/mol. The number of ether oxygens (including phenoxy) is 1. The summed E-state index contributed by atoms with van der Waals surface area (Å²) < 4.78 is 21.0. The van der Waals surface area contributed by atoms with Crippen LogP contribution in [0.25, 0.3) is 10.9 Å². The fourth-order valence-electron chi connectivity index (χ4n) is 9.44. The van der Waals surface area contributed by atoms with Crippen LogP contribution < -0.4 is 58.3 Å². The van der Waals surface area contributed by atoms with Crippen LogP contribution in [0.4, 0.5) is 0 Å². The van der Waals surface area contributed by atoms with Crippen molar-refractivity contribution >= 4 is 98.8 Å². The second kappa shape index (κ2) is 30.9. The number of aromatic amines is 1. The minimum absolute atomic E-state index is 0.0775. The van der Waals surface area contributed by atoms with Crippen LogP contribution >= 0.6 is 11.8 Å². The van der Waals surface area contributed by atoms with Crippen LogP contribution in [0.3, 0.4) is 0 Å². The number of aliphatic hydroxyl groups is 3. The maximum Gasteiger partial charge on any atom is 0.248 e. The highest BCUT2D eigenvalue weighted by molar-refractivity contribution is 7.98. The van der Waals surface area contributed by atoms with Gasteiger partial charge in [-0.1, -0.05) is 34.1 Å². The molecular weight excluding hydrogens is 1100 g/mol. The number of aliphatic hydroxyl groups excluding tert-OH is 3. The molecule has 28 nitrogen and oxygen atoms in total. The normalized spacial score (nSPS) is 24.8. The smallest absolute Gasteiger partial charge is 0.248 e. The number of primary amides is 1. The molecule has 81 heavy (non-hydrogen) atoms. The van der Waals surface area contributed by atoms with E-state index in [0.29, 0.717) is 60.2 Å². The lowest BCUT2D eigenvalue weighted by Gasteiger charge is -2.32. The first-order valence-corrected chi connectivity index (χ1v) is 29.3. The topological polar surface area (TPSA) is 434 Å². The molecule has 15 N–H and O–H groups in total. The lowest BCUT2D eigenvalue weighted by atomic mass is 9.93. The number of nitrogens with zero attached hydrogens (tertiary/aromatic N) is 1. The van der Waals surface area contributed by atoms with Crippen molar-refractivity contribution < 1.29 is 77.3 Å². The fourth-order valence-corrected chi connectivity index (χ4v) is 11.7. The van der Waals surface area contributed by atoms with Crippen LogP contribution in [0, 0.1) is 11.8 Å². The molecule has 0 spiro atoms. The Morgan fingerprint density at radius 1 is 0.864 bits per heavy atom. The zero-order valence-electron chi connectivity index (χ0n) is 45.9. The number of aromatic nitrogens is 1. The number of thioether (sulfide) groups is 1. The highest BCUT2D eigenvalue weighted by Crippen LogP contribution is 2.37. The molecule has 1 unspecified atom stereocenters. The maximum absolute atomic E-state index is 15.2. The van der Waals surface area contributed by atoms with Crippen LogP contribution in [0.2, 0.25) is 0 Å². The van der Waals surface area contributed by atoms with E-state index in [1.54, 1.807) is 32.9 Å². The number of nitrogens with two attached hydrogens (primary N) is 1. The van der Waals surface area contributed by atoms with E-state index in [4.69, 9.17) is 10.5 Å². The number of carbonyl (C=O) groups excluding carboxylic acids is 11. The summed E-state index contributed by atoms with van der Waals surface area (Å²) in [6, 6.07) is -6.98. The van der Waals surface area contributed by atoms with E-state index < -0.39 is 176 Å². The van der Waals surface area contributed by atoms with E-state index in [1.807, 2.05) is 0 Å². The van der Waals surface area contributed by atoms with Gasteiger partial charge in [0.05, 0.1) is 51.0 Å². The summed E-state index contributed by atoms with van der Waals surface area (Å²) in [6.07, 6.45) is -2.78. The van der Waals surface area contributed by atoms with E-state index in [0.717, 1.165) is 4.90 Å². The number of nitrogens with one attached hydrogen (secondary N) is 10. The van der Waals surface area contributed by atoms with Gasteiger partial charge < -0.3 is 88.1 Å². The highest BCUT2D eigenvalue weighted by Gasteiger charge is 2.45. The van der Waals surface area contributed by atoms with Crippen molar-refractivity contribution in [3.05, 3.63) is 23.3 Å². The van der Waals surface area contributed by atoms with Crippen LogP contribution in [-0.4, -0.2) is 201 Å². The van der Waals surface area contributed by atoms with E-state index in [2.05, 4.69) is 52.8 Å². The predicted octanol–water partition coefficient (Wildman–Crippen LogP) is -4.57. The average molecular weight is 1180 g/mol. The molecule has 0 radical (unpaired) electrons. The Bertz CT molecular complexity index is 2640. The number of unbranched alkanes of at least 4 members (excludes halogenated alkanes) is 1. The second-order valence-electron chi connectivity index (χ2n) is 20.2. The minimum Gasteiger partial charge on any atom is -0.610 e. The largest absolute Gasteiger partial charge is 0.610 e. The third-order valence-electron chi connectivity index (χ3n) is 14.3. The van der Waals surface area contributed by atoms with Gasteiger partial charge in [-0.05, 0) is 30.9 Å². The maximum atomic E-state index is 15.2. The van der Waals surface area contributed by atoms with E-state index in [9.17, 15) is 68.1 Å². The third-order valence-corrected chi connectivity index (χ3v) is 16.7. The first-order chi connectivity index (χ1) is 38.5. The van der Waals surface area contributed by atoms with Crippen LogP contribution in [0.15, 0.2) is 17.2 Å². The Morgan fingerprint density at radius 3 is 2.22 bits per heavy atom. The molecule has 11 atom stereocenters. The summed E-state index contributed by atoms with van der Waals surface area (Å²) >= 11 is -1.06. The Kier molecular flexibility index (Phi) is 24.8. The standard InChI is InChI=1S/C51H76N12O16S2/c1-6-25(3)42-48(75)56-19-40(70)57-33-24-81(78)50-29(28-11-12-36(79-5)30(44(28)62-50)23-80-15-14-54-39(69)10-8-9-13-53-38(68)7-2)17-31(45(72)55-20-41(71)60-42)58-49(76)43(26(4)35(66)22-64)61-47(74)34-16-27(65)21-63(34)51(77)32(18-37(52)67)59-46(33)73/h11-12,25-27,31-35,42-43,62,64-66H,6-10,13-24H2,1-5H3,(H2,52,67)(H,53,68)(H,54,69)(H,55,72)(H,56,75)(H,57,70)(H,58,76)(H,59,73)(H,60,71)(H,61,74)/t25-,26-,27+,31-,32-,33-,34-,35-,42-,43-,81?/m0/s1. The molecule has 5 rings (SSSR count). The van der Waals surface area contributed by atoms with Crippen molar-refractivity contribution in [3.63, 3.8) is 0 Å². The van der Waals surface area contributed by atoms with Crippen molar-refractivity contribution in [3.8, 4) is 5.75 Å². The second-order valence-corrected chi connectivity index (χ2v) is 22.7. The summed E-state index contributed by atoms with van der Waals surface area (Å²) in [4.78, 5) is 155. The molecule has 0 saturated carbocycles. The summed E-state index contributed by atoms with van der Waals surface area (Å²) in [7, 11) is 1.41. The van der Waals surface area contributed by atoms with Crippen molar-refractivity contribution in [1.82, 2.24) is 57.7 Å². The molecule has 1 aromatic heterocycles. The molecule has 3 aliphatic heterocycles. The molecule has 11 amide bonds. The van der Waals surface area contributed by atoms with Crippen LogP contribution in [0.5, 0.6) is 5.75 Å². The van der Waals surface area contributed by atoms with Gasteiger partial charge in [0.15, 0.2) is 6.04 Å². The molecule has 1 aromatic carbocycles. The van der Waals surface area contributed by atoms with Gasteiger partial charge in [-0.3, -0.25) is 52.7 Å². The van der Waals surface area contributed by atoms with Gasteiger partial charge in [-0.15, -0.1) is 0 Å². The minimum atomic E-state index is -2.45. The summed E-state index contributed by atoms with van der Waals surface area (Å²) in [5.74, 6) is -11.3. The van der Waals surface area contributed by atoms with Crippen LogP contribution in [-0.2, 0) is 76.1 Å². The molecule has 0 aliphatic carbocycles. The molecule has 1 saturated heterocycles. The van der Waals surface area contributed by atoms with E-state index >= 15 is 4.55 Å². The van der Waals surface area contributed by atoms with E-state index in [1.165, 1.54) is 25.8 Å². The van der Waals surface area contributed by atoms with Gasteiger partial charge in [0, 0.05) is 90.4 Å². The monoisotopic (exact) mass is 1180 g/mol. The van der Waals surface area contributed by atoms with Gasteiger partial charge in [-0.25, -0.2) is 0 Å². The molecular formula is C51H76N12O16S2. The van der Waals surface area contributed by atoms with Crippen molar-refractivity contribution in [2.75, 3.05) is 57.9 Å². The number of rotatable bonds is 19. The van der Waals surface area contributed by atoms with Crippen molar-refractivity contribution in [2.45, 2.75) is 138 Å². The first-order valence-electron chi connectivity index (χ1n) is 26.8. The number of amides is 11. The molecule has 448 valence electrons. The van der Waals surface area contributed by atoms with Crippen molar-refractivity contribution in [2.24, 2.45) is 17.6 Å². The number of methoxy groups -OCH3 is 1. The lowest BCUT2D eigenvalue weighted by Crippen LogP contribution is -2.62. The Morgan fingerprint density at radius 2 is 1.56 bits per heavy atom. The summed E-state index contributed by atoms with van der Waals surface area (Å²) in [5, 5.41) is 55.0. The highest BCUT2D eigenvalue weighted by atomic mass is 32.2. The number of benzene rings is 1. The van der Waals surface area contributed by atoms with Gasteiger partial charge in [0.25, 0.3) is 0 Å². The number of hydrogen-bond donors (Lipinski definition) is 14. The number of fused-ring (bicyclic) bond motifs is 5. The van der Waals surface area contributed by atoms with Gasteiger partial charge in [0.1, 0.15) is 41.7 Å². The van der Waals surface area contributed by atoms with Crippen molar-refractivity contribution in [1.29, 1.82) is 0 Å². The lowest BCUT2D eigenvalue weighted by molar-refractivity contribution is -0.144. The Balaban J connectivity index is 1.67. The van der Waals surface area contributed by atoms with Gasteiger partial charge in [0.2, 0.25) is 70.0 Å². The molecule has 4 heterocycles. The fraction of sp³-hybridized carbons (Fsp3) is 0.627. The van der Waals surface area contributed by atoms with Crippen LogP contribution in [0.1, 0.15) is 83.8 Å². The molecule has 3 aliphatic rings.